The third-order valence-corrected chi connectivity index (χ3v) is 19.9. The summed E-state index contributed by atoms with van der Waals surface area (Å²) in [6.07, 6.45) is 0. The van der Waals surface area contributed by atoms with E-state index < -0.39 is 13.3 Å². The standard InChI is InChI=1S/C28H28P2Se/c1-21-5-13-25(14-6-21)29(26-15-7-22(2)8-16-26)30(31,27-17-9-23(3)10-18-27)28-19-11-24(4)12-20-28/h5-20H,1-4H3. The first kappa shape index (κ1) is 22.5. The van der Waals surface area contributed by atoms with E-state index in [1.54, 1.807) is 0 Å². The number of hydrogen-bond acceptors (Lipinski definition) is 0. The summed E-state index contributed by atoms with van der Waals surface area (Å²) in [5.74, 6) is 0. The van der Waals surface area contributed by atoms with Gasteiger partial charge in [0.25, 0.3) is 0 Å². The molecule has 0 fully saturated rings. The SMILES string of the molecule is Cc1ccc(P(c2ccc(C)cc2)[P+]([Se-])(c2ccc(C)cc2)c2ccc(C)cc2)cc1. The molecule has 0 unspecified atom stereocenters. The van der Waals surface area contributed by atoms with E-state index in [2.05, 4.69) is 140 Å². The molecule has 0 N–H and O–H groups in total. The maximum atomic E-state index is 3.83. The summed E-state index contributed by atoms with van der Waals surface area (Å²) in [7, 11) is -0.637. The van der Waals surface area contributed by atoms with Crippen molar-refractivity contribution in [1.29, 1.82) is 0 Å². The van der Waals surface area contributed by atoms with Gasteiger partial charge in [0, 0.05) is 0 Å². The second-order valence-electron chi connectivity index (χ2n) is 8.23. The Bertz CT molecular complexity index is 1050. The average Bonchev–Trinajstić information content (AvgIpc) is 2.77. The Morgan fingerprint density at radius 1 is 0.452 bits per heavy atom. The summed E-state index contributed by atoms with van der Waals surface area (Å²) >= 11 is 3.83. The minimum absolute atomic E-state index is 0.637. The molecule has 0 spiro atoms. The molecular formula is C28H28P2Se. The molecule has 0 atom stereocenters. The normalized spacial score (nSPS) is 11.7. The van der Waals surface area contributed by atoms with Crippen molar-refractivity contribution in [2.75, 3.05) is 0 Å². The molecule has 0 radical (unpaired) electrons. The zero-order valence-corrected chi connectivity index (χ0v) is 22.0. The van der Waals surface area contributed by atoms with Gasteiger partial charge >= 0.3 is 197 Å². The van der Waals surface area contributed by atoms with Crippen LogP contribution in [0.25, 0.3) is 0 Å². The summed E-state index contributed by atoms with van der Waals surface area (Å²) < 4.78 is 0. The van der Waals surface area contributed by atoms with E-state index in [4.69, 9.17) is 0 Å². The summed E-state index contributed by atoms with van der Waals surface area (Å²) in [4.78, 5) is 0. The molecule has 3 heteroatoms. The van der Waals surface area contributed by atoms with Crippen LogP contribution in [-0.2, 0) is 0 Å². The van der Waals surface area contributed by atoms with Crippen molar-refractivity contribution in [3.63, 3.8) is 0 Å². The number of hydrogen-bond donors (Lipinski definition) is 0. The number of benzene rings is 4. The van der Waals surface area contributed by atoms with E-state index in [0.717, 1.165) is 0 Å². The maximum absolute atomic E-state index is 3.83. The van der Waals surface area contributed by atoms with Gasteiger partial charge in [0.2, 0.25) is 0 Å². The topological polar surface area (TPSA) is 0 Å². The van der Waals surface area contributed by atoms with Crippen LogP contribution in [0.3, 0.4) is 0 Å². The van der Waals surface area contributed by atoms with E-state index >= 15 is 0 Å². The van der Waals surface area contributed by atoms with Crippen LogP contribution in [0.2, 0.25) is 0 Å². The van der Waals surface area contributed by atoms with E-state index in [9.17, 15) is 0 Å². The number of aryl methyl sites for hydroxylation is 4. The van der Waals surface area contributed by atoms with Crippen LogP contribution in [0.5, 0.6) is 0 Å². The van der Waals surface area contributed by atoms with E-state index in [1.807, 2.05) is 0 Å². The van der Waals surface area contributed by atoms with Gasteiger partial charge in [-0.3, -0.25) is 0 Å². The van der Waals surface area contributed by atoms with Crippen molar-refractivity contribution in [2.24, 2.45) is 0 Å². The van der Waals surface area contributed by atoms with Crippen molar-refractivity contribution in [3.05, 3.63) is 119 Å². The van der Waals surface area contributed by atoms with Gasteiger partial charge in [-0.05, 0) is 0 Å². The Labute approximate surface area is 196 Å². The third-order valence-electron chi connectivity index (χ3n) is 5.61. The molecular weight excluding hydrogens is 477 g/mol. The van der Waals surface area contributed by atoms with Crippen molar-refractivity contribution >= 4 is 50.0 Å². The van der Waals surface area contributed by atoms with Gasteiger partial charge in [-0.15, -0.1) is 0 Å². The van der Waals surface area contributed by atoms with Crippen LogP contribution in [0, 0.1) is 27.7 Å². The Kier molecular flexibility index (Phi) is 6.81. The summed E-state index contributed by atoms with van der Waals surface area (Å²) in [6, 6.07) is 36.8. The number of rotatable bonds is 5. The van der Waals surface area contributed by atoms with Gasteiger partial charge in [0.15, 0.2) is 0 Å². The molecule has 0 saturated heterocycles. The van der Waals surface area contributed by atoms with Crippen LogP contribution in [0.1, 0.15) is 22.3 Å². The molecule has 0 nitrogen and oxygen atoms in total. The molecule has 0 saturated carbocycles. The summed E-state index contributed by atoms with van der Waals surface area (Å²) in [5, 5.41) is 5.71. The van der Waals surface area contributed by atoms with Crippen molar-refractivity contribution in [2.45, 2.75) is 27.7 Å². The van der Waals surface area contributed by atoms with Crippen molar-refractivity contribution in [3.8, 4) is 0 Å². The second-order valence-corrected chi connectivity index (χ2v) is 20.3. The molecule has 0 amide bonds. The Hall–Kier alpha value is -1.74. The van der Waals surface area contributed by atoms with Gasteiger partial charge in [0.05, 0.1) is 0 Å². The van der Waals surface area contributed by atoms with Crippen LogP contribution in [-0.4, -0.2) is 15.6 Å². The molecule has 0 aliphatic carbocycles. The van der Waals surface area contributed by atoms with E-state index in [0.29, 0.717) is 0 Å². The molecule has 0 aliphatic heterocycles. The molecule has 0 aliphatic rings. The molecule has 4 aromatic carbocycles. The first-order valence-electron chi connectivity index (χ1n) is 10.6. The average molecular weight is 505 g/mol. The predicted molar refractivity (Wildman–Crippen MR) is 143 cm³/mol. The minimum atomic E-state index is -1.86. The monoisotopic (exact) mass is 506 g/mol. The molecule has 4 aromatic rings. The fourth-order valence-electron chi connectivity index (χ4n) is 3.72. The van der Waals surface area contributed by atoms with E-state index in [1.165, 1.54) is 43.5 Å². The quantitative estimate of drug-likeness (QED) is 0.230. The Balaban J connectivity index is 2.01. The van der Waals surface area contributed by atoms with Crippen LogP contribution in [0.4, 0.5) is 0 Å². The molecule has 156 valence electrons. The molecule has 0 aromatic heterocycles. The Morgan fingerprint density at radius 3 is 1.00 bits per heavy atom. The van der Waals surface area contributed by atoms with Gasteiger partial charge in [-0.25, -0.2) is 0 Å². The third kappa shape index (κ3) is 4.72. The van der Waals surface area contributed by atoms with E-state index in [-0.39, 0.29) is 0 Å². The Morgan fingerprint density at radius 2 is 0.710 bits per heavy atom. The van der Waals surface area contributed by atoms with Gasteiger partial charge in [0.1, 0.15) is 0 Å². The van der Waals surface area contributed by atoms with Crippen LogP contribution in [0.15, 0.2) is 97.1 Å². The van der Waals surface area contributed by atoms with Gasteiger partial charge < -0.3 is 0 Å². The fourth-order valence-corrected chi connectivity index (χ4v) is 17.4. The zero-order valence-electron chi connectivity index (χ0n) is 18.5. The molecule has 0 heterocycles. The second kappa shape index (κ2) is 9.40. The van der Waals surface area contributed by atoms with Crippen molar-refractivity contribution in [1.82, 2.24) is 0 Å². The first-order valence-corrected chi connectivity index (χ1v) is 16.6. The predicted octanol–water partition coefficient (Wildman–Crippen LogP) is 6.02. The zero-order chi connectivity index (χ0) is 22.0. The first-order chi connectivity index (χ1) is 14.9. The fraction of sp³-hybridized carbons (Fsp3) is 0.143. The van der Waals surface area contributed by atoms with Gasteiger partial charge in [-0.1, -0.05) is 0 Å². The summed E-state index contributed by atoms with van der Waals surface area (Å²) in [5.41, 5.74) is 3.35. The van der Waals surface area contributed by atoms with Crippen LogP contribution >= 0.6 is 13.3 Å². The molecule has 0 bridgehead atoms. The molecule has 31 heavy (non-hydrogen) atoms. The summed E-state index contributed by atoms with van der Waals surface area (Å²) in [6.45, 7) is 8.66. The van der Waals surface area contributed by atoms with Crippen molar-refractivity contribution < 1.29 is 0 Å². The van der Waals surface area contributed by atoms with Crippen LogP contribution < -0.4 is 21.2 Å². The van der Waals surface area contributed by atoms with Gasteiger partial charge in [-0.2, -0.15) is 0 Å². The molecule has 4 rings (SSSR count).